The van der Waals surface area contributed by atoms with Crippen molar-refractivity contribution >= 4 is 46.4 Å². The first-order chi connectivity index (χ1) is 20.6. The van der Waals surface area contributed by atoms with Crippen LogP contribution >= 0.6 is 0 Å². The molecule has 2 aliphatic heterocycles. The fourth-order valence-corrected chi connectivity index (χ4v) is 5.50. The Balaban J connectivity index is 2.14. The fraction of sp³-hybridized carbons (Fsp3) is 0.375. The molecule has 2 aliphatic rings. The molecule has 3 aromatic rings. The number of fused-ring (bicyclic) bond motifs is 10. The molecule has 4 atom stereocenters. The minimum absolute atomic E-state index is 0.355. The van der Waals surface area contributed by atoms with Crippen molar-refractivity contribution in [3.8, 4) is 0 Å². The number of nitrogens with zero attached hydrogens (tertiary/aromatic N) is 5. The van der Waals surface area contributed by atoms with Gasteiger partial charge in [0.15, 0.2) is 0 Å². The number of ether oxygens (including phenoxy) is 4. The third kappa shape index (κ3) is 5.18. The SMILES string of the molecule is COC(C)c1cc2ccc3nc(c4nc(ccc5cc(C(C)(OC)[N+](=O)[O-])c(c1n2C(C)OC)n5C(C)OC)C=C4)C=C3. The van der Waals surface area contributed by atoms with Gasteiger partial charge in [0.25, 0.3) is 0 Å². The number of nitro groups is 1. The van der Waals surface area contributed by atoms with E-state index < -0.39 is 23.1 Å². The average Bonchev–Trinajstić information content (AvgIpc) is 3.80. The normalized spacial score (nSPS) is 16.2. The van der Waals surface area contributed by atoms with Gasteiger partial charge in [0.05, 0.1) is 50.4 Å². The maximum atomic E-state index is 12.7. The standard InChI is InChI=1S/C32H37N5O6/c1-19(40-5)26-17-24-13-9-22-11-15-28(33-22)29-16-12-23(34-29)10-14-25-18-27(32(4,43-8)37(38)39)31(36(25)21(3)42-7)30(26)35(24)20(2)41-6/h9-21H,1-8H3. The van der Waals surface area contributed by atoms with Crippen LogP contribution in [0.5, 0.6) is 0 Å². The summed E-state index contributed by atoms with van der Waals surface area (Å²) in [7, 11) is 6.21. The Hall–Kier alpha value is -4.16. The maximum Gasteiger partial charge on any atom is 0.350 e. The molecule has 0 saturated heterocycles. The molecule has 0 aliphatic carbocycles. The van der Waals surface area contributed by atoms with Crippen LogP contribution in [0.4, 0.5) is 0 Å². The Bertz CT molecular complexity index is 1790. The smallest absolute Gasteiger partial charge is 0.350 e. The monoisotopic (exact) mass is 587 g/mol. The maximum absolute atomic E-state index is 12.7. The van der Waals surface area contributed by atoms with Crippen molar-refractivity contribution in [2.45, 2.75) is 52.0 Å². The summed E-state index contributed by atoms with van der Waals surface area (Å²) in [5.41, 5.74) is 4.99. The van der Waals surface area contributed by atoms with Gasteiger partial charge in [-0.15, -0.1) is 0 Å². The average molecular weight is 588 g/mol. The fourth-order valence-electron chi connectivity index (χ4n) is 5.50. The zero-order chi connectivity index (χ0) is 31.1. The highest BCUT2D eigenvalue weighted by Gasteiger charge is 2.44. The first kappa shape index (κ1) is 30.3. The predicted octanol–water partition coefficient (Wildman–Crippen LogP) is 6.74. The third-order valence-electron chi connectivity index (χ3n) is 8.27. The third-order valence-corrected chi connectivity index (χ3v) is 8.27. The highest BCUT2D eigenvalue weighted by atomic mass is 16.7. The molecule has 0 saturated carbocycles. The second-order valence-electron chi connectivity index (χ2n) is 10.6. The molecule has 5 heterocycles. The molecule has 8 bridgehead atoms. The van der Waals surface area contributed by atoms with E-state index in [4.69, 9.17) is 28.9 Å². The van der Waals surface area contributed by atoms with Crippen LogP contribution < -0.4 is 0 Å². The number of methoxy groups -OCH3 is 4. The van der Waals surface area contributed by atoms with Crippen LogP contribution in [0.1, 0.15) is 80.2 Å². The summed E-state index contributed by atoms with van der Waals surface area (Å²) in [6.45, 7) is 7.22. The molecule has 0 aromatic carbocycles. The number of hydrogen-bond donors (Lipinski definition) is 0. The summed E-state index contributed by atoms with van der Waals surface area (Å²) >= 11 is 0. The van der Waals surface area contributed by atoms with E-state index in [0.717, 1.165) is 33.9 Å². The van der Waals surface area contributed by atoms with Gasteiger partial charge in [0.1, 0.15) is 12.5 Å². The lowest BCUT2D eigenvalue weighted by atomic mass is 10.0. The van der Waals surface area contributed by atoms with Crippen LogP contribution in [0, 0.1) is 10.1 Å². The summed E-state index contributed by atoms with van der Waals surface area (Å²) in [6.07, 6.45) is 6.37. The molecular formula is C32H37N5O6. The van der Waals surface area contributed by atoms with Crippen LogP contribution in [-0.2, 0) is 24.7 Å². The van der Waals surface area contributed by atoms with Gasteiger partial charge in [0.2, 0.25) is 0 Å². The van der Waals surface area contributed by atoms with Crippen molar-refractivity contribution in [3.05, 3.63) is 80.4 Å². The van der Waals surface area contributed by atoms with E-state index >= 15 is 0 Å². The Kier molecular flexibility index (Phi) is 8.35. The summed E-state index contributed by atoms with van der Waals surface area (Å²) in [5.74, 6) is 0. The number of aromatic nitrogens is 4. The van der Waals surface area contributed by atoms with Gasteiger partial charge < -0.3 is 28.1 Å². The lowest BCUT2D eigenvalue weighted by molar-refractivity contribution is -0.633. The Morgan fingerprint density at radius 2 is 1.28 bits per heavy atom. The quantitative estimate of drug-likeness (QED) is 0.106. The van der Waals surface area contributed by atoms with Crippen LogP contribution in [0.3, 0.4) is 0 Å². The first-order valence-electron chi connectivity index (χ1n) is 14.0. The molecule has 3 aromatic heterocycles. The largest absolute Gasteiger partial charge is 0.377 e. The van der Waals surface area contributed by atoms with Gasteiger partial charge in [-0.05, 0) is 81.5 Å². The number of hydrogen-bond acceptors (Lipinski definition) is 8. The predicted molar refractivity (Wildman–Crippen MR) is 166 cm³/mol. The van der Waals surface area contributed by atoms with E-state index in [-0.39, 0.29) is 6.10 Å². The molecule has 4 unspecified atom stereocenters. The first-order valence-corrected chi connectivity index (χ1v) is 14.0. The molecule has 43 heavy (non-hydrogen) atoms. The van der Waals surface area contributed by atoms with E-state index in [1.165, 1.54) is 14.0 Å². The summed E-state index contributed by atoms with van der Waals surface area (Å²) in [5, 5.41) is 12.7. The van der Waals surface area contributed by atoms with Crippen molar-refractivity contribution in [3.63, 3.8) is 0 Å². The van der Waals surface area contributed by atoms with Gasteiger partial charge >= 0.3 is 5.72 Å². The van der Waals surface area contributed by atoms with Gasteiger partial charge in [0, 0.05) is 52.0 Å². The number of rotatable bonds is 9. The molecule has 0 N–H and O–H groups in total. The lowest BCUT2D eigenvalue weighted by Crippen LogP contribution is -2.34. The molecule has 11 heteroatoms. The molecule has 5 rings (SSSR count). The molecule has 0 spiro atoms. The molecule has 0 amide bonds. The van der Waals surface area contributed by atoms with E-state index in [2.05, 4.69) is 0 Å². The van der Waals surface area contributed by atoms with Crippen LogP contribution in [0.25, 0.3) is 46.4 Å². The van der Waals surface area contributed by atoms with Crippen LogP contribution in [-0.4, -0.2) is 52.5 Å². The topological polar surface area (TPSA) is 116 Å². The summed E-state index contributed by atoms with van der Waals surface area (Å²) < 4.78 is 27.2. The molecular weight excluding hydrogens is 550 g/mol. The second-order valence-corrected chi connectivity index (χ2v) is 10.6. The Morgan fingerprint density at radius 1 is 0.767 bits per heavy atom. The van der Waals surface area contributed by atoms with Gasteiger partial charge in [-0.1, -0.05) is 0 Å². The van der Waals surface area contributed by atoms with Gasteiger partial charge in [-0.25, -0.2) is 9.97 Å². The van der Waals surface area contributed by atoms with Gasteiger partial charge in [-0.3, -0.25) is 10.1 Å². The van der Waals surface area contributed by atoms with Gasteiger partial charge in [-0.2, -0.15) is 0 Å². The van der Waals surface area contributed by atoms with Crippen molar-refractivity contribution in [1.29, 1.82) is 0 Å². The highest BCUT2D eigenvalue weighted by Crippen LogP contribution is 2.41. The second kappa shape index (κ2) is 11.8. The zero-order valence-electron chi connectivity index (χ0n) is 25.7. The van der Waals surface area contributed by atoms with Crippen LogP contribution in [0.2, 0.25) is 0 Å². The molecule has 0 radical (unpaired) electrons. The van der Waals surface area contributed by atoms with Crippen molar-refractivity contribution < 1.29 is 23.9 Å². The Labute approximate surface area is 250 Å². The molecule has 226 valence electrons. The van der Waals surface area contributed by atoms with E-state index in [0.29, 0.717) is 22.1 Å². The van der Waals surface area contributed by atoms with E-state index in [1.807, 2.05) is 84.5 Å². The minimum Gasteiger partial charge on any atom is -0.377 e. The summed E-state index contributed by atoms with van der Waals surface area (Å²) in [6, 6.07) is 11.4. The van der Waals surface area contributed by atoms with E-state index in [1.54, 1.807) is 27.4 Å². The van der Waals surface area contributed by atoms with Crippen molar-refractivity contribution in [2.24, 2.45) is 0 Å². The highest BCUT2D eigenvalue weighted by molar-refractivity contribution is 5.90. The molecule has 11 nitrogen and oxygen atoms in total. The lowest BCUT2D eigenvalue weighted by Gasteiger charge is -2.23. The van der Waals surface area contributed by atoms with Crippen molar-refractivity contribution in [1.82, 2.24) is 19.1 Å². The summed E-state index contributed by atoms with van der Waals surface area (Å²) in [4.78, 5) is 21.8. The Morgan fingerprint density at radius 3 is 1.74 bits per heavy atom. The minimum atomic E-state index is -1.89. The molecule has 0 fully saturated rings. The zero-order valence-corrected chi connectivity index (χ0v) is 25.7. The van der Waals surface area contributed by atoms with Crippen LogP contribution in [0.15, 0.2) is 36.4 Å². The van der Waals surface area contributed by atoms with E-state index in [9.17, 15) is 10.1 Å². The van der Waals surface area contributed by atoms with Crippen molar-refractivity contribution in [2.75, 3.05) is 28.4 Å².